The first-order valence-corrected chi connectivity index (χ1v) is 6.30. The third-order valence-corrected chi connectivity index (χ3v) is 3.65. The zero-order chi connectivity index (χ0) is 9.90. The summed E-state index contributed by atoms with van der Waals surface area (Å²) in [5.41, 5.74) is 0.531. The summed E-state index contributed by atoms with van der Waals surface area (Å²) < 4.78 is 23.9. The van der Waals surface area contributed by atoms with Gasteiger partial charge in [0.25, 0.3) is 0 Å². The smallest absolute Gasteiger partial charge is 0.304 e. The van der Waals surface area contributed by atoms with E-state index in [0.29, 0.717) is 5.69 Å². The number of thiazole rings is 1. The lowest BCUT2D eigenvalue weighted by molar-refractivity contribution is 0.585. The quantitative estimate of drug-likeness (QED) is 0.733. The van der Waals surface area contributed by atoms with E-state index in [-0.39, 0.29) is 11.4 Å². The van der Waals surface area contributed by atoms with Gasteiger partial charge in [-0.1, -0.05) is 11.3 Å². The first-order valence-electron chi connectivity index (χ1n) is 3.23. The molecule has 8 heteroatoms. The number of nitrogens with one attached hydrogen (secondary N) is 2. The van der Waals surface area contributed by atoms with E-state index in [1.54, 1.807) is 5.38 Å². The fraction of sp³-hybridized carbons (Fsp3) is 0.400. The number of hydrogen-bond acceptors (Lipinski definition) is 4. The van der Waals surface area contributed by atoms with Crippen LogP contribution in [-0.4, -0.2) is 18.6 Å². The van der Waals surface area contributed by atoms with Crippen LogP contribution in [0.25, 0.3) is 0 Å². The summed E-state index contributed by atoms with van der Waals surface area (Å²) in [6.07, 6.45) is 0. The highest BCUT2D eigenvalue weighted by molar-refractivity contribution is 7.90. The maximum atomic E-state index is 10.8. The molecule has 0 radical (unpaired) electrons. The zero-order valence-corrected chi connectivity index (χ0v) is 8.80. The number of aromatic amines is 1. The van der Waals surface area contributed by atoms with Crippen molar-refractivity contribution in [2.24, 2.45) is 0 Å². The second-order valence-electron chi connectivity index (χ2n) is 2.22. The number of alkyl halides is 1. The summed E-state index contributed by atoms with van der Waals surface area (Å²) in [5.74, 6) is 0. The summed E-state index contributed by atoms with van der Waals surface area (Å²) in [4.78, 5) is 12.9. The molecule has 0 unspecified atom stereocenters. The van der Waals surface area contributed by atoms with Crippen LogP contribution in [0.2, 0.25) is 0 Å². The molecule has 0 aromatic carbocycles. The van der Waals surface area contributed by atoms with Crippen molar-refractivity contribution in [2.45, 2.75) is 6.54 Å². The minimum Gasteiger partial charge on any atom is -0.315 e. The third-order valence-electron chi connectivity index (χ3n) is 1.20. The Kier molecular flexibility index (Phi) is 3.48. The van der Waals surface area contributed by atoms with Crippen molar-refractivity contribution in [3.05, 3.63) is 20.7 Å². The molecule has 0 amide bonds. The molecule has 0 spiro atoms. The van der Waals surface area contributed by atoms with Crippen molar-refractivity contribution >= 4 is 33.0 Å². The number of rotatable bonds is 4. The van der Waals surface area contributed by atoms with E-state index in [4.69, 9.17) is 11.6 Å². The van der Waals surface area contributed by atoms with Gasteiger partial charge in [0.05, 0.1) is 6.54 Å². The van der Waals surface area contributed by atoms with Crippen molar-refractivity contribution in [3.8, 4) is 0 Å². The van der Waals surface area contributed by atoms with Crippen LogP contribution in [0.1, 0.15) is 5.69 Å². The standard InChI is InChI=1S/C5H7ClN2O3S2/c6-3-13(10,11)7-1-4-2-12-5(9)8-4/h2,7H,1,3H2,(H,8,9). The molecule has 0 aliphatic rings. The molecule has 13 heavy (non-hydrogen) atoms. The highest BCUT2D eigenvalue weighted by atomic mass is 35.5. The lowest BCUT2D eigenvalue weighted by Crippen LogP contribution is -2.24. The topological polar surface area (TPSA) is 79.0 Å². The molecule has 0 aliphatic carbocycles. The van der Waals surface area contributed by atoms with Gasteiger partial charge in [-0.3, -0.25) is 4.79 Å². The summed E-state index contributed by atoms with van der Waals surface area (Å²) in [6, 6.07) is 0. The van der Waals surface area contributed by atoms with E-state index in [0.717, 1.165) is 11.3 Å². The second kappa shape index (κ2) is 4.23. The van der Waals surface area contributed by atoms with Crippen molar-refractivity contribution in [1.29, 1.82) is 0 Å². The van der Waals surface area contributed by atoms with Crippen LogP contribution < -0.4 is 9.60 Å². The molecule has 0 bridgehead atoms. The largest absolute Gasteiger partial charge is 0.315 e. The van der Waals surface area contributed by atoms with Crippen molar-refractivity contribution in [2.75, 3.05) is 5.21 Å². The molecule has 0 saturated carbocycles. The van der Waals surface area contributed by atoms with Gasteiger partial charge in [-0.2, -0.15) is 0 Å². The SMILES string of the molecule is O=c1[nH]c(CNS(=O)(=O)CCl)cs1. The fourth-order valence-electron chi connectivity index (χ4n) is 0.627. The van der Waals surface area contributed by atoms with E-state index in [1.165, 1.54) is 0 Å². The van der Waals surface area contributed by atoms with Crippen LogP contribution in [0.5, 0.6) is 0 Å². The fourth-order valence-corrected chi connectivity index (χ4v) is 1.89. The Morgan fingerprint density at radius 1 is 1.62 bits per heavy atom. The molecular weight excluding hydrogens is 236 g/mol. The monoisotopic (exact) mass is 242 g/mol. The van der Waals surface area contributed by atoms with Gasteiger partial charge in [-0.25, -0.2) is 13.1 Å². The first kappa shape index (κ1) is 10.7. The van der Waals surface area contributed by atoms with Crippen LogP contribution in [-0.2, 0) is 16.6 Å². The van der Waals surface area contributed by atoms with Gasteiger partial charge in [-0.15, -0.1) is 11.6 Å². The Labute approximate surface area is 83.8 Å². The van der Waals surface area contributed by atoms with E-state index in [9.17, 15) is 13.2 Å². The van der Waals surface area contributed by atoms with Gasteiger partial charge in [0.1, 0.15) is 5.21 Å². The molecule has 1 aromatic rings. The molecule has 0 atom stereocenters. The second-order valence-corrected chi connectivity index (χ2v) is 5.45. The van der Waals surface area contributed by atoms with Crippen LogP contribution in [0, 0.1) is 0 Å². The van der Waals surface area contributed by atoms with Crippen molar-refractivity contribution in [1.82, 2.24) is 9.71 Å². The Hall–Kier alpha value is -0.370. The maximum Gasteiger partial charge on any atom is 0.304 e. The molecule has 1 rings (SSSR count). The van der Waals surface area contributed by atoms with Gasteiger partial charge >= 0.3 is 4.87 Å². The predicted molar refractivity (Wildman–Crippen MR) is 51.4 cm³/mol. The van der Waals surface area contributed by atoms with Crippen LogP contribution in [0.3, 0.4) is 0 Å². The Morgan fingerprint density at radius 2 is 2.31 bits per heavy atom. The molecule has 1 heterocycles. The average molecular weight is 243 g/mol. The van der Waals surface area contributed by atoms with Crippen molar-refractivity contribution in [3.63, 3.8) is 0 Å². The van der Waals surface area contributed by atoms with Crippen LogP contribution >= 0.6 is 22.9 Å². The summed E-state index contributed by atoms with van der Waals surface area (Å²) in [7, 11) is -3.41. The molecule has 1 aromatic heterocycles. The molecule has 0 fully saturated rings. The van der Waals surface area contributed by atoms with Gasteiger partial charge in [0.2, 0.25) is 10.0 Å². The molecular formula is C5H7ClN2O3S2. The van der Waals surface area contributed by atoms with Crippen LogP contribution in [0.4, 0.5) is 0 Å². The molecule has 74 valence electrons. The number of halogens is 1. The highest BCUT2D eigenvalue weighted by Gasteiger charge is 2.07. The highest BCUT2D eigenvalue weighted by Crippen LogP contribution is 1.96. The van der Waals surface area contributed by atoms with Gasteiger partial charge in [-0.05, 0) is 0 Å². The maximum absolute atomic E-state index is 10.8. The Morgan fingerprint density at radius 3 is 2.77 bits per heavy atom. The summed E-state index contributed by atoms with van der Waals surface area (Å²) in [5, 5.41) is 1.07. The Balaban J connectivity index is 2.58. The number of hydrogen-bond donors (Lipinski definition) is 2. The minimum atomic E-state index is -3.41. The van der Waals surface area contributed by atoms with E-state index >= 15 is 0 Å². The van der Waals surface area contributed by atoms with Gasteiger partial charge < -0.3 is 4.98 Å². The summed E-state index contributed by atoms with van der Waals surface area (Å²) in [6.45, 7) is 0.0633. The number of H-pyrrole nitrogens is 1. The molecule has 0 saturated heterocycles. The lowest BCUT2D eigenvalue weighted by Gasteiger charge is -1.99. The van der Waals surface area contributed by atoms with Crippen LogP contribution in [0.15, 0.2) is 10.2 Å². The van der Waals surface area contributed by atoms with E-state index < -0.39 is 15.2 Å². The van der Waals surface area contributed by atoms with Gasteiger partial charge in [0, 0.05) is 11.1 Å². The molecule has 5 nitrogen and oxygen atoms in total. The lowest BCUT2D eigenvalue weighted by atomic mass is 10.5. The number of sulfonamides is 1. The van der Waals surface area contributed by atoms with E-state index in [2.05, 4.69) is 9.71 Å². The zero-order valence-electron chi connectivity index (χ0n) is 6.41. The minimum absolute atomic E-state index is 0.0633. The number of aromatic nitrogens is 1. The Bertz CT molecular complexity index is 421. The third kappa shape index (κ3) is 3.47. The van der Waals surface area contributed by atoms with Gasteiger partial charge in [0.15, 0.2) is 0 Å². The normalized spacial score (nSPS) is 11.8. The van der Waals surface area contributed by atoms with Crippen molar-refractivity contribution < 1.29 is 8.42 Å². The predicted octanol–water partition coefficient (Wildman–Crippen LogP) is 0.0521. The van der Waals surface area contributed by atoms with E-state index in [1.807, 2.05) is 0 Å². The average Bonchev–Trinajstić information content (AvgIpc) is 2.48. The first-order chi connectivity index (χ1) is 6.03. The molecule has 0 aliphatic heterocycles. The molecule has 2 N–H and O–H groups in total. The summed E-state index contributed by atoms with van der Waals surface area (Å²) >= 11 is 6.13.